The predicted octanol–water partition coefficient (Wildman–Crippen LogP) is 2.31. The first-order chi connectivity index (χ1) is 9.54. The molecule has 1 fully saturated rings. The lowest BCUT2D eigenvalue weighted by Gasteiger charge is -2.49. The lowest BCUT2D eigenvalue weighted by molar-refractivity contribution is -0.0730. The van der Waals surface area contributed by atoms with E-state index >= 15 is 0 Å². The minimum atomic E-state index is -0.190. The summed E-state index contributed by atoms with van der Waals surface area (Å²) in [6.07, 6.45) is 0.643. The van der Waals surface area contributed by atoms with E-state index in [9.17, 15) is 5.11 Å². The molecule has 1 aromatic carbocycles. The highest BCUT2D eigenvalue weighted by Gasteiger charge is 2.46. The van der Waals surface area contributed by atoms with Crippen molar-refractivity contribution in [2.24, 2.45) is 5.41 Å². The molecule has 3 rings (SSSR count). The SMILES string of the molecule is CCn1nc(CNC2CC(O)C2(C)C)c2ccccc21. The Hall–Kier alpha value is -1.39. The maximum atomic E-state index is 9.80. The number of rotatable bonds is 4. The quantitative estimate of drug-likeness (QED) is 0.898. The molecule has 0 radical (unpaired) electrons. The van der Waals surface area contributed by atoms with E-state index in [4.69, 9.17) is 5.10 Å². The monoisotopic (exact) mass is 273 g/mol. The Kier molecular flexibility index (Phi) is 3.30. The molecule has 0 bridgehead atoms. The minimum absolute atomic E-state index is 0.0386. The fourth-order valence-corrected chi connectivity index (χ4v) is 3.04. The number of para-hydroxylation sites is 1. The van der Waals surface area contributed by atoms with E-state index in [0.717, 1.165) is 25.2 Å². The van der Waals surface area contributed by atoms with Gasteiger partial charge in [-0.25, -0.2) is 0 Å². The second-order valence-corrected chi connectivity index (χ2v) is 6.29. The van der Waals surface area contributed by atoms with Gasteiger partial charge in [-0.05, 0) is 19.4 Å². The minimum Gasteiger partial charge on any atom is -0.392 e. The molecule has 1 aromatic heterocycles. The molecule has 1 saturated carbocycles. The molecule has 4 heteroatoms. The van der Waals surface area contributed by atoms with Gasteiger partial charge in [0.05, 0.1) is 17.3 Å². The highest BCUT2D eigenvalue weighted by atomic mass is 16.3. The van der Waals surface area contributed by atoms with E-state index in [0.29, 0.717) is 6.04 Å². The van der Waals surface area contributed by atoms with Crippen LogP contribution in [0.15, 0.2) is 24.3 Å². The van der Waals surface area contributed by atoms with Crippen LogP contribution in [0, 0.1) is 5.41 Å². The lowest BCUT2D eigenvalue weighted by atomic mass is 9.64. The summed E-state index contributed by atoms with van der Waals surface area (Å²) in [6, 6.07) is 8.73. The second kappa shape index (κ2) is 4.86. The number of nitrogens with zero attached hydrogens (tertiary/aromatic N) is 2. The summed E-state index contributed by atoms with van der Waals surface area (Å²) in [5, 5.41) is 19.3. The van der Waals surface area contributed by atoms with Gasteiger partial charge in [-0.15, -0.1) is 0 Å². The first-order valence-corrected chi connectivity index (χ1v) is 7.40. The van der Waals surface area contributed by atoms with Gasteiger partial charge >= 0.3 is 0 Å². The Bertz CT molecular complexity index is 617. The molecule has 2 aromatic rings. The van der Waals surface area contributed by atoms with Gasteiger partial charge in [0.15, 0.2) is 0 Å². The topological polar surface area (TPSA) is 50.1 Å². The zero-order valence-corrected chi connectivity index (χ0v) is 12.4. The average Bonchev–Trinajstić information content (AvgIpc) is 2.81. The van der Waals surface area contributed by atoms with Crippen LogP contribution in [0.3, 0.4) is 0 Å². The third-order valence-electron chi connectivity index (χ3n) is 4.77. The van der Waals surface area contributed by atoms with Gasteiger partial charge < -0.3 is 10.4 Å². The number of nitrogens with one attached hydrogen (secondary N) is 1. The first-order valence-electron chi connectivity index (χ1n) is 7.40. The summed E-state index contributed by atoms with van der Waals surface area (Å²) in [7, 11) is 0. The molecule has 0 spiro atoms. The summed E-state index contributed by atoms with van der Waals surface area (Å²) >= 11 is 0. The number of aliphatic hydroxyl groups is 1. The number of hydrogen-bond donors (Lipinski definition) is 2. The van der Waals surface area contributed by atoms with Crippen LogP contribution in [-0.2, 0) is 13.1 Å². The largest absolute Gasteiger partial charge is 0.392 e. The molecule has 1 heterocycles. The van der Waals surface area contributed by atoms with Crippen LogP contribution >= 0.6 is 0 Å². The van der Waals surface area contributed by atoms with E-state index in [1.54, 1.807) is 0 Å². The summed E-state index contributed by atoms with van der Waals surface area (Å²) in [5.41, 5.74) is 2.25. The number of fused-ring (bicyclic) bond motifs is 1. The maximum absolute atomic E-state index is 9.80. The zero-order chi connectivity index (χ0) is 14.3. The van der Waals surface area contributed by atoms with Crippen LogP contribution < -0.4 is 5.32 Å². The Morgan fingerprint density at radius 3 is 2.80 bits per heavy atom. The Morgan fingerprint density at radius 1 is 1.40 bits per heavy atom. The number of benzene rings is 1. The molecular weight excluding hydrogens is 250 g/mol. The van der Waals surface area contributed by atoms with Crippen molar-refractivity contribution in [1.82, 2.24) is 15.1 Å². The number of aryl methyl sites for hydroxylation is 1. The highest BCUT2D eigenvalue weighted by molar-refractivity contribution is 5.81. The molecule has 108 valence electrons. The summed E-state index contributed by atoms with van der Waals surface area (Å²) < 4.78 is 2.05. The summed E-state index contributed by atoms with van der Waals surface area (Å²) in [5.74, 6) is 0. The summed E-state index contributed by atoms with van der Waals surface area (Å²) in [4.78, 5) is 0. The van der Waals surface area contributed by atoms with Crippen LogP contribution in [0.2, 0.25) is 0 Å². The van der Waals surface area contributed by atoms with Crippen molar-refractivity contribution in [1.29, 1.82) is 0 Å². The smallest absolute Gasteiger partial charge is 0.0841 e. The third kappa shape index (κ3) is 2.03. The van der Waals surface area contributed by atoms with E-state index in [2.05, 4.69) is 50.4 Å². The van der Waals surface area contributed by atoms with Crippen LogP contribution in [0.4, 0.5) is 0 Å². The average molecular weight is 273 g/mol. The number of hydrogen-bond acceptors (Lipinski definition) is 3. The van der Waals surface area contributed by atoms with Gasteiger partial charge in [0.25, 0.3) is 0 Å². The second-order valence-electron chi connectivity index (χ2n) is 6.29. The van der Waals surface area contributed by atoms with Crippen LogP contribution in [0.5, 0.6) is 0 Å². The normalized spacial score (nSPS) is 24.8. The van der Waals surface area contributed by atoms with Gasteiger partial charge in [0, 0.05) is 29.9 Å². The van der Waals surface area contributed by atoms with Crippen LogP contribution in [0.1, 0.15) is 32.9 Å². The van der Waals surface area contributed by atoms with Crippen molar-refractivity contribution in [3.05, 3.63) is 30.0 Å². The van der Waals surface area contributed by atoms with Crippen molar-refractivity contribution in [3.63, 3.8) is 0 Å². The maximum Gasteiger partial charge on any atom is 0.0841 e. The van der Waals surface area contributed by atoms with E-state index < -0.39 is 0 Å². The molecule has 2 unspecified atom stereocenters. The van der Waals surface area contributed by atoms with Crippen LogP contribution in [0.25, 0.3) is 10.9 Å². The standard InChI is InChI=1S/C16H23N3O/c1-4-19-13-8-6-5-7-11(13)12(18-19)10-17-14-9-15(20)16(14,2)3/h5-8,14-15,17,20H,4,9-10H2,1-3H3. The Balaban J connectivity index is 1.78. The molecule has 4 nitrogen and oxygen atoms in total. The van der Waals surface area contributed by atoms with Crippen molar-refractivity contribution in [3.8, 4) is 0 Å². The van der Waals surface area contributed by atoms with Gasteiger partial charge in [-0.1, -0.05) is 32.0 Å². The highest BCUT2D eigenvalue weighted by Crippen LogP contribution is 2.40. The van der Waals surface area contributed by atoms with Crippen molar-refractivity contribution >= 4 is 10.9 Å². The van der Waals surface area contributed by atoms with Crippen molar-refractivity contribution < 1.29 is 5.11 Å². The molecule has 0 saturated heterocycles. The molecule has 0 amide bonds. The van der Waals surface area contributed by atoms with E-state index in [1.165, 1.54) is 10.9 Å². The van der Waals surface area contributed by atoms with E-state index in [1.807, 2.05) is 4.68 Å². The number of aliphatic hydroxyl groups excluding tert-OH is 1. The number of aromatic nitrogens is 2. The third-order valence-corrected chi connectivity index (χ3v) is 4.77. The van der Waals surface area contributed by atoms with Gasteiger partial charge in [-0.3, -0.25) is 4.68 Å². The molecule has 1 aliphatic rings. The van der Waals surface area contributed by atoms with Gasteiger partial charge in [-0.2, -0.15) is 5.10 Å². The van der Waals surface area contributed by atoms with E-state index in [-0.39, 0.29) is 11.5 Å². The van der Waals surface area contributed by atoms with Gasteiger partial charge in [0.2, 0.25) is 0 Å². The fraction of sp³-hybridized carbons (Fsp3) is 0.562. The Morgan fingerprint density at radius 2 is 2.15 bits per heavy atom. The fourth-order valence-electron chi connectivity index (χ4n) is 3.04. The molecule has 1 aliphatic carbocycles. The molecule has 2 atom stereocenters. The van der Waals surface area contributed by atoms with Gasteiger partial charge in [0.1, 0.15) is 0 Å². The molecular formula is C16H23N3O. The molecule has 0 aliphatic heterocycles. The molecule has 20 heavy (non-hydrogen) atoms. The zero-order valence-electron chi connectivity index (χ0n) is 12.4. The van der Waals surface area contributed by atoms with Crippen LogP contribution in [-0.4, -0.2) is 27.0 Å². The predicted molar refractivity (Wildman–Crippen MR) is 80.4 cm³/mol. The van der Waals surface area contributed by atoms with Crippen molar-refractivity contribution in [2.45, 2.75) is 52.4 Å². The first kappa shape index (κ1) is 13.6. The summed E-state index contributed by atoms with van der Waals surface area (Å²) in [6.45, 7) is 7.98. The van der Waals surface area contributed by atoms with Crippen molar-refractivity contribution in [2.75, 3.05) is 0 Å². The Labute approximate surface area is 119 Å². The lowest BCUT2D eigenvalue weighted by Crippen LogP contribution is -2.59. The molecule has 2 N–H and O–H groups in total.